The third kappa shape index (κ3) is 6.94. The number of carbonyl (C=O) groups excluding carboxylic acids is 1. The highest BCUT2D eigenvalue weighted by Gasteiger charge is 2.12. The van der Waals surface area contributed by atoms with E-state index in [1.54, 1.807) is 6.20 Å². The molecule has 1 amide bonds. The van der Waals surface area contributed by atoms with E-state index >= 15 is 0 Å². The quantitative estimate of drug-likeness (QED) is 0.845. The van der Waals surface area contributed by atoms with Crippen molar-refractivity contribution in [1.82, 2.24) is 15.6 Å². The first-order chi connectivity index (χ1) is 10.2. The van der Waals surface area contributed by atoms with Crippen LogP contribution in [0.15, 0.2) is 18.3 Å². The number of hydrogen-bond acceptors (Lipinski definition) is 4. The molecule has 1 atom stereocenters. The molecule has 1 aliphatic rings. The van der Waals surface area contributed by atoms with E-state index in [1.807, 2.05) is 26.1 Å². The average molecular weight is 363 g/mol. The molecule has 2 rings (SSSR count). The van der Waals surface area contributed by atoms with Crippen LogP contribution in [0.3, 0.4) is 0 Å². The molecule has 0 radical (unpaired) electrons. The zero-order chi connectivity index (χ0) is 15.1. The van der Waals surface area contributed by atoms with Crippen molar-refractivity contribution in [3.05, 3.63) is 23.9 Å². The molecular formula is C16H28Cl2N4O. The van der Waals surface area contributed by atoms with Crippen LogP contribution < -0.4 is 15.5 Å². The summed E-state index contributed by atoms with van der Waals surface area (Å²) in [6, 6.07) is 4.09. The van der Waals surface area contributed by atoms with Crippen molar-refractivity contribution in [2.24, 2.45) is 0 Å². The van der Waals surface area contributed by atoms with E-state index < -0.39 is 0 Å². The van der Waals surface area contributed by atoms with Gasteiger partial charge in [0.05, 0.1) is 5.56 Å². The number of nitrogens with zero attached hydrogens (tertiary/aromatic N) is 2. The summed E-state index contributed by atoms with van der Waals surface area (Å²) in [6.45, 7) is 4.78. The molecule has 23 heavy (non-hydrogen) atoms. The van der Waals surface area contributed by atoms with Crippen LogP contribution in [0.2, 0.25) is 0 Å². The van der Waals surface area contributed by atoms with Crippen molar-refractivity contribution in [1.29, 1.82) is 0 Å². The molecule has 7 heteroatoms. The Morgan fingerprint density at radius 1 is 1.22 bits per heavy atom. The minimum Gasteiger partial charge on any atom is -0.357 e. The number of pyridine rings is 1. The van der Waals surface area contributed by atoms with Gasteiger partial charge in [-0.25, -0.2) is 4.98 Å². The molecule has 1 unspecified atom stereocenters. The number of aromatic nitrogens is 1. The lowest BCUT2D eigenvalue weighted by molar-refractivity contribution is 0.0950. The molecule has 0 aromatic carbocycles. The van der Waals surface area contributed by atoms with Crippen LogP contribution in [0.25, 0.3) is 0 Å². The van der Waals surface area contributed by atoms with Crippen LogP contribution >= 0.6 is 24.8 Å². The van der Waals surface area contributed by atoms with Crippen LogP contribution in [0.1, 0.15) is 43.0 Å². The molecule has 5 nitrogen and oxygen atoms in total. The zero-order valence-corrected chi connectivity index (χ0v) is 15.5. The summed E-state index contributed by atoms with van der Waals surface area (Å²) in [5.74, 6) is 0.920. The summed E-state index contributed by atoms with van der Waals surface area (Å²) < 4.78 is 0. The van der Waals surface area contributed by atoms with Crippen molar-refractivity contribution in [2.75, 3.05) is 31.6 Å². The van der Waals surface area contributed by atoms with Gasteiger partial charge in [-0.2, -0.15) is 0 Å². The van der Waals surface area contributed by atoms with Gasteiger partial charge in [0.15, 0.2) is 0 Å². The Hall–Kier alpha value is -1.04. The maximum Gasteiger partial charge on any atom is 0.252 e. The van der Waals surface area contributed by atoms with Crippen molar-refractivity contribution in [3.63, 3.8) is 0 Å². The molecule has 0 bridgehead atoms. The molecule has 0 spiro atoms. The number of amides is 1. The van der Waals surface area contributed by atoms with Crippen LogP contribution in [0.5, 0.6) is 0 Å². The topological polar surface area (TPSA) is 57.3 Å². The average Bonchev–Trinajstić information content (AvgIpc) is 2.81. The first kappa shape index (κ1) is 22.0. The number of anilines is 1. The summed E-state index contributed by atoms with van der Waals surface area (Å²) in [5, 5.41) is 6.00. The number of halogens is 2. The summed E-state index contributed by atoms with van der Waals surface area (Å²) in [4.78, 5) is 18.8. The van der Waals surface area contributed by atoms with Gasteiger partial charge in [0.25, 0.3) is 5.91 Å². The van der Waals surface area contributed by atoms with E-state index in [0.717, 1.165) is 18.9 Å². The molecular weight excluding hydrogens is 335 g/mol. The highest BCUT2D eigenvalue weighted by atomic mass is 35.5. The lowest BCUT2D eigenvalue weighted by atomic mass is 10.2. The summed E-state index contributed by atoms with van der Waals surface area (Å²) in [7, 11) is 1.88. The van der Waals surface area contributed by atoms with Crippen LogP contribution in [0, 0.1) is 0 Å². The predicted molar refractivity (Wildman–Crippen MR) is 100 cm³/mol. The van der Waals surface area contributed by atoms with Crippen molar-refractivity contribution < 1.29 is 4.79 Å². The van der Waals surface area contributed by atoms with Gasteiger partial charge in [0.1, 0.15) is 5.82 Å². The number of nitrogens with one attached hydrogen (secondary N) is 2. The molecule has 1 aromatic heterocycles. The third-order valence-corrected chi connectivity index (χ3v) is 4.00. The Morgan fingerprint density at radius 2 is 1.87 bits per heavy atom. The molecule has 132 valence electrons. The Bertz CT molecular complexity index is 448. The minimum absolute atomic E-state index is 0. The molecule has 1 fully saturated rings. The van der Waals surface area contributed by atoms with E-state index in [2.05, 4.69) is 20.5 Å². The van der Waals surface area contributed by atoms with Gasteiger partial charge in [-0.3, -0.25) is 4.79 Å². The second-order valence-electron chi connectivity index (χ2n) is 5.71. The van der Waals surface area contributed by atoms with E-state index in [0.29, 0.717) is 12.1 Å². The fourth-order valence-electron chi connectivity index (χ4n) is 2.46. The predicted octanol–water partition coefficient (Wildman–Crippen LogP) is 2.64. The van der Waals surface area contributed by atoms with Gasteiger partial charge in [0, 0.05) is 31.9 Å². The minimum atomic E-state index is -0.0629. The van der Waals surface area contributed by atoms with Gasteiger partial charge in [-0.15, -0.1) is 24.8 Å². The summed E-state index contributed by atoms with van der Waals surface area (Å²) in [6.07, 6.45) is 6.75. The summed E-state index contributed by atoms with van der Waals surface area (Å²) >= 11 is 0. The smallest absolute Gasteiger partial charge is 0.252 e. The normalized spacial score (nSPS) is 15.7. The highest BCUT2D eigenvalue weighted by Crippen LogP contribution is 2.17. The fraction of sp³-hybridized carbons (Fsp3) is 0.625. The fourth-order valence-corrected chi connectivity index (χ4v) is 2.46. The first-order valence-corrected chi connectivity index (χ1v) is 7.87. The van der Waals surface area contributed by atoms with E-state index in [9.17, 15) is 4.79 Å². The van der Waals surface area contributed by atoms with Crippen LogP contribution in [-0.2, 0) is 0 Å². The molecule has 1 saturated heterocycles. The first-order valence-electron chi connectivity index (χ1n) is 7.87. The Kier molecular flexibility index (Phi) is 11.0. The maximum atomic E-state index is 12.0. The van der Waals surface area contributed by atoms with Crippen molar-refractivity contribution in [3.8, 4) is 0 Å². The van der Waals surface area contributed by atoms with Crippen LogP contribution in [-0.4, -0.2) is 43.6 Å². The number of rotatable bonds is 5. The van der Waals surface area contributed by atoms with E-state index in [4.69, 9.17) is 0 Å². The lowest BCUT2D eigenvalue weighted by Gasteiger charge is -2.21. The van der Waals surface area contributed by atoms with Crippen molar-refractivity contribution >= 4 is 36.5 Å². The number of carbonyl (C=O) groups is 1. The second-order valence-corrected chi connectivity index (χ2v) is 5.71. The SMILES string of the molecule is CNC(C)CNC(=O)c1ccc(N2CCCCCC2)nc1.Cl.Cl. The monoisotopic (exact) mass is 362 g/mol. The van der Waals surface area contributed by atoms with Crippen molar-refractivity contribution in [2.45, 2.75) is 38.6 Å². The molecule has 2 heterocycles. The van der Waals surface area contributed by atoms with Gasteiger partial charge < -0.3 is 15.5 Å². The van der Waals surface area contributed by atoms with E-state index in [1.165, 1.54) is 25.7 Å². The largest absolute Gasteiger partial charge is 0.357 e. The molecule has 2 N–H and O–H groups in total. The standard InChI is InChI=1S/C16H26N4O.2ClH/c1-13(17-2)11-19-16(21)14-7-8-15(18-12-14)20-9-5-3-4-6-10-20;;/h7-8,12-13,17H,3-6,9-11H2,1-2H3,(H,19,21);2*1H. The second kappa shape index (κ2) is 11.5. The van der Waals surface area contributed by atoms with Gasteiger partial charge in [-0.1, -0.05) is 12.8 Å². The third-order valence-electron chi connectivity index (χ3n) is 4.00. The zero-order valence-electron chi connectivity index (χ0n) is 13.9. The Labute approximate surface area is 151 Å². The van der Waals surface area contributed by atoms with Gasteiger partial charge in [0.2, 0.25) is 0 Å². The van der Waals surface area contributed by atoms with Crippen LogP contribution in [0.4, 0.5) is 5.82 Å². The molecule has 0 saturated carbocycles. The molecule has 0 aliphatic carbocycles. The maximum absolute atomic E-state index is 12.0. The van der Waals surface area contributed by atoms with E-state index in [-0.39, 0.29) is 36.8 Å². The molecule has 1 aromatic rings. The molecule has 1 aliphatic heterocycles. The lowest BCUT2D eigenvalue weighted by Crippen LogP contribution is -2.37. The highest BCUT2D eigenvalue weighted by molar-refractivity contribution is 5.94. The number of hydrogen-bond donors (Lipinski definition) is 2. The Balaban J connectivity index is 0.00000242. The Morgan fingerprint density at radius 3 is 2.39 bits per heavy atom. The van der Waals surface area contributed by atoms with Gasteiger partial charge >= 0.3 is 0 Å². The number of likely N-dealkylation sites (N-methyl/N-ethyl adjacent to an activating group) is 1. The summed E-state index contributed by atoms with van der Waals surface area (Å²) in [5.41, 5.74) is 0.622. The van der Waals surface area contributed by atoms with Gasteiger partial charge in [-0.05, 0) is 38.9 Å².